The van der Waals surface area contributed by atoms with Crippen LogP contribution in [0.2, 0.25) is 0 Å². The van der Waals surface area contributed by atoms with Crippen molar-refractivity contribution in [2.45, 2.75) is 4.90 Å². The van der Waals surface area contributed by atoms with Gasteiger partial charge in [-0.1, -0.05) is 12.1 Å². The number of hydrogen-bond acceptors (Lipinski definition) is 4. The quantitative estimate of drug-likeness (QED) is 0.728. The standard InChI is InChI=1S/C8H11NO3S/c9-5-6-13(11,12)8-4-2-1-3-7(8)10/h1-4,10H,5-6,9H2. The Hall–Kier alpha value is -1.07. The first-order chi connectivity index (χ1) is 6.08. The van der Waals surface area contributed by atoms with Crippen molar-refractivity contribution >= 4 is 9.84 Å². The summed E-state index contributed by atoms with van der Waals surface area (Å²) in [4.78, 5) is -0.0551. The Morgan fingerprint density at radius 2 is 1.92 bits per heavy atom. The zero-order valence-corrected chi connectivity index (χ0v) is 7.79. The Morgan fingerprint density at radius 1 is 1.31 bits per heavy atom. The van der Waals surface area contributed by atoms with E-state index < -0.39 is 9.84 Å². The van der Waals surface area contributed by atoms with E-state index in [9.17, 15) is 13.5 Å². The van der Waals surface area contributed by atoms with E-state index in [1.165, 1.54) is 12.1 Å². The normalized spacial score (nSPS) is 11.5. The van der Waals surface area contributed by atoms with Gasteiger partial charge in [-0.25, -0.2) is 8.42 Å². The van der Waals surface area contributed by atoms with Gasteiger partial charge in [0.05, 0.1) is 5.75 Å². The second-order valence-electron chi connectivity index (χ2n) is 2.58. The van der Waals surface area contributed by atoms with Crippen LogP contribution in [0.1, 0.15) is 0 Å². The van der Waals surface area contributed by atoms with Crippen LogP contribution in [-0.4, -0.2) is 25.8 Å². The third kappa shape index (κ3) is 2.19. The van der Waals surface area contributed by atoms with E-state index in [0.717, 1.165) is 0 Å². The summed E-state index contributed by atoms with van der Waals surface area (Å²) in [6, 6.07) is 5.82. The minimum absolute atomic E-state index is 0.0522. The van der Waals surface area contributed by atoms with Crippen LogP contribution in [-0.2, 0) is 9.84 Å². The molecule has 0 fully saturated rings. The number of sulfone groups is 1. The second-order valence-corrected chi connectivity index (χ2v) is 4.65. The lowest BCUT2D eigenvalue weighted by Gasteiger charge is -2.03. The molecule has 0 radical (unpaired) electrons. The van der Waals surface area contributed by atoms with Gasteiger partial charge in [-0.15, -0.1) is 0 Å². The van der Waals surface area contributed by atoms with Crippen LogP contribution in [0.4, 0.5) is 0 Å². The average Bonchev–Trinajstić information content (AvgIpc) is 2.04. The van der Waals surface area contributed by atoms with Crippen molar-refractivity contribution in [2.75, 3.05) is 12.3 Å². The molecule has 0 aliphatic rings. The number of aromatic hydroxyl groups is 1. The lowest BCUT2D eigenvalue weighted by molar-refractivity contribution is 0.459. The fourth-order valence-electron chi connectivity index (χ4n) is 0.985. The lowest BCUT2D eigenvalue weighted by Crippen LogP contribution is -2.15. The zero-order valence-electron chi connectivity index (χ0n) is 6.97. The second kappa shape index (κ2) is 3.76. The molecule has 0 heterocycles. The summed E-state index contributed by atoms with van der Waals surface area (Å²) in [5.41, 5.74) is 5.14. The van der Waals surface area contributed by atoms with E-state index in [1.54, 1.807) is 12.1 Å². The number of phenolic OH excluding ortho intramolecular Hbond substituents is 1. The van der Waals surface area contributed by atoms with E-state index in [4.69, 9.17) is 5.73 Å². The van der Waals surface area contributed by atoms with Gasteiger partial charge < -0.3 is 10.8 Å². The summed E-state index contributed by atoms with van der Waals surface area (Å²) < 4.78 is 22.8. The number of nitrogens with two attached hydrogens (primary N) is 1. The summed E-state index contributed by atoms with van der Waals surface area (Å²) in [7, 11) is -3.42. The van der Waals surface area contributed by atoms with Crippen LogP contribution in [0, 0.1) is 0 Å². The van der Waals surface area contributed by atoms with Crippen molar-refractivity contribution < 1.29 is 13.5 Å². The average molecular weight is 201 g/mol. The van der Waals surface area contributed by atoms with Crippen LogP contribution >= 0.6 is 0 Å². The molecule has 0 bridgehead atoms. The monoisotopic (exact) mass is 201 g/mol. The Morgan fingerprint density at radius 3 is 2.46 bits per heavy atom. The first-order valence-corrected chi connectivity index (χ1v) is 5.44. The number of para-hydroxylation sites is 1. The molecule has 72 valence electrons. The lowest BCUT2D eigenvalue weighted by atomic mass is 10.3. The van der Waals surface area contributed by atoms with E-state index in [-0.39, 0.29) is 22.9 Å². The number of hydrogen-bond donors (Lipinski definition) is 2. The van der Waals surface area contributed by atoms with Crippen molar-refractivity contribution in [3.8, 4) is 5.75 Å². The molecule has 1 aromatic carbocycles. The van der Waals surface area contributed by atoms with Gasteiger partial charge in [-0.2, -0.15) is 0 Å². The molecule has 0 aromatic heterocycles. The first-order valence-electron chi connectivity index (χ1n) is 3.79. The smallest absolute Gasteiger partial charge is 0.183 e. The number of phenols is 1. The van der Waals surface area contributed by atoms with Crippen LogP contribution in [0.15, 0.2) is 29.2 Å². The van der Waals surface area contributed by atoms with Gasteiger partial charge in [-0.3, -0.25) is 0 Å². The molecular weight excluding hydrogens is 190 g/mol. The number of rotatable bonds is 3. The van der Waals surface area contributed by atoms with Crippen LogP contribution in [0.3, 0.4) is 0 Å². The van der Waals surface area contributed by atoms with Gasteiger partial charge in [0, 0.05) is 6.54 Å². The first kappa shape index (κ1) is 10.0. The topological polar surface area (TPSA) is 80.4 Å². The largest absolute Gasteiger partial charge is 0.507 e. The highest BCUT2D eigenvalue weighted by Gasteiger charge is 2.16. The molecule has 4 nitrogen and oxygen atoms in total. The molecule has 0 unspecified atom stereocenters. The molecule has 0 saturated heterocycles. The van der Waals surface area contributed by atoms with Crippen molar-refractivity contribution in [3.05, 3.63) is 24.3 Å². The van der Waals surface area contributed by atoms with Crippen LogP contribution < -0.4 is 5.73 Å². The zero-order chi connectivity index (χ0) is 9.90. The highest BCUT2D eigenvalue weighted by molar-refractivity contribution is 7.91. The van der Waals surface area contributed by atoms with Crippen molar-refractivity contribution in [1.29, 1.82) is 0 Å². The predicted molar refractivity (Wildman–Crippen MR) is 49.2 cm³/mol. The molecule has 1 aromatic rings. The van der Waals surface area contributed by atoms with E-state index in [2.05, 4.69) is 0 Å². The Kier molecular flexibility index (Phi) is 2.90. The summed E-state index contributed by atoms with van der Waals surface area (Å²) in [6.45, 7) is 0.0522. The molecule has 0 aliphatic heterocycles. The summed E-state index contributed by atoms with van der Waals surface area (Å²) in [5.74, 6) is -0.374. The Bertz CT molecular complexity index is 386. The predicted octanol–water partition coefficient (Wildman–Crippen LogP) is 0.125. The maximum atomic E-state index is 11.4. The third-order valence-corrected chi connectivity index (χ3v) is 3.38. The molecule has 0 atom stereocenters. The molecule has 3 N–H and O–H groups in total. The Labute approximate surface area is 76.9 Å². The highest BCUT2D eigenvalue weighted by atomic mass is 32.2. The molecule has 0 amide bonds. The molecule has 5 heteroatoms. The maximum Gasteiger partial charge on any atom is 0.183 e. The highest BCUT2D eigenvalue weighted by Crippen LogP contribution is 2.21. The van der Waals surface area contributed by atoms with Gasteiger partial charge in [0.25, 0.3) is 0 Å². The fraction of sp³-hybridized carbons (Fsp3) is 0.250. The van der Waals surface area contributed by atoms with Crippen molar-refractivity contribution in [1.82, 2.24) is 0 Å². The maximum absolute atomic E-state index is 11.4. The van der Waals surface area contributed by atoms with Crippen LogP contribution in [0.5, 0.6) is 5.75 Å². The van der Waals surface area contributed by atoms with Gasteiger partial charge in [-0.05, 0) is 12.1 Å². The van der Waals surface area contributed by atoms with Gasteiger partial charge >= 0.3 is 0 Å². The summed E-state index contributed by atoms with van der Waals surface area (Å²) in [5, 5.41) is 9.25. The SMILES string of the molecule is NCCS(=O)(=O)c1ccccc1O. The van der Waals surface area contributed by atoms with E-state index in [1.807, 2.05) is 0 Å². The van der Waals surface area contributed by atoms with Gasteiger partial charge in [0.2, 0.25) is 0 Å². The molecule has 1 rings (SSSR count). The molecular formula is C8H11NO3S. The molecule has 0 saturated carbocycles. The summed E-state index contributed by atoms with van der Waals surface area (Å²) >= 11 is 0. The van der Waals surface area contributed by atoms with Crippen molar-refractivity contribution in [2.24, 2.45) is 5.73 Å². The molecule has 13 heavy (non-hydrogen) atoms. The van der Waals surface area contributed by atoms with E-state index >= 15 is 0 Å². The minimum Gasteiger partial charge on any atom is -0.507 e. The molecule has 0 aliphatic carbocycles. The third-order valence-electron chi connectivity index (χ3n) is 1.59. The van der Waals surface area contributed by atoms with Gasteiger partial charge in [0.1, 0.15) is 10.6 Å². The minimum atomic E-state index is -3.42. The number of benzene rings is 1. The fourth-order valence-corrected chi connectivity index (χ4v) is 2.19. The summed E-state index contributed by atoms with van der Waals surface area (Å²) in [6.07, 6.45) is 0. The van der Waals surface area contributed by atoms with Crippen molar-refractivity contribution in [3.63, 3.8) is 0 Å². The van der Waals surface area contributed by atoms with Crippen LogP contribution in [0.25, 0.3) is 0 Å². The molecule has 0 spiro atoms. The Balaban J connectivity index is 3.15. The van der Waals surface area contributed by atoms with Gasteiger partial charge in [0.15, 0.2) is 9.84 Å². The van der Waals surface area contributed by atoms with E-state index in [0.29, 0.717) is 0 Å².